The van der Waals surface area contributed by atoms with Crippen LogP contribution in [-0.4, -0.2) is 39.8 Å². The van der Waals surface area contributed by atoms with E-state index in [4.69, 9.17) is 19.4 Å². The minimum Gasteiger partial charge on any atom is -0.476 e. The molecule has 1 aromatic heterocycles. The zero-order valence-corrected chi connectivity index (χ0v) is 9.04. The van der Waals surface area contributed by atoms with Crippen LogP contribution in [-0.2, 0) is 4.74 Å². The molecule has 0 aromatic carbocycles. The van der Waals surface area contributed by atoms with Crippen molar-refractivity contribution in [2.24, 2.45) is 0 Å². The van der Waals surface area contributed by atoms with Crippen LogP contribution in [0.3, 0.4) is 0 Å². The average Bonchev–Trinajstić information content (AvgIpc) is 2.82. The summed E-state index contributed by atoms with van der Waals surface area (Å²) in [5.74, 6) is -3.56. The Hall–Kier alpha value is -1.89. The lowest BCUT2D eigenvalue weighted by atomic mass is 10.0. The molecule has 0 amide bonds. The molecule has 2 atom stereocenters. The zero-order chi connectivity index (χ0) is 12.6. The van der Waals surface area contributed by atoms with E-state index in [1.165, 1.54) is 0 Å². The zero-order valence-electron chi connectivity index (χ0n) is 9.04. The average molecular weight is 241 g/mol. The third-order valence-corrected chi connectivity index (χ3v) is 2.73. The van der Waals surface area contributed by atoms with Crippen molar-refractivity contribution in [1.29, 1.82) is 0 Å². The molecule has 2 heterocycles. The quantitative estimate of drug-likeness (QED) is 0.810. The number of carboxylic acids is 2. The number of carboxylic acid groups (broad SMARTS) is 2. The van der Waals surface area contributed by atoms with Crippen molar-refractivity contribution in [3.63, 3.8) is 0 Å². The molecule has 0 spiro atoms. The van der Waals surface area contributed by atoms with Gasteiger partial charge in [-0.25, -0.2) is 14.6 Å². The van der Waals surface area contributed by atoms with Gasteiger partial charge in [0, 0.05) is 6.61 Å². The van der Waals surface area contributed by atoms with Crippen LogP contribution >= 0.6 is 0 Å². The second-order valence-corrected chi connectivity index (χ2v) is 3.81. The van der Waals surface area contributed by atoms with Gasteiger partial charge < -0.3 is 19.4 Å². The fraction of sp³-hybridized carbons (Fsp3) is 0.500. The molecular weight excluding hydrogens is 230 g/mol. The van der Waals surface area contributed by atoms with E-state index in [0.717, 1.165) is 0 Å². The fourth-order valence-electron chi connectivity index (χ4n) is 1.84. The molecule has 17 heavy (non-hydrogen) atoms. The van der Waals surface area contributed by atoms with E-state index in [2.05, 4.69) is 4.98 Å². The van der Waals surface area contributed by atoms with E-state index in [1.54, 1.807) is 0 Å². The first-order valence-corrected chi connectivity index (χ1v) is 5.09. The molecule has 7 heteroatoms. The number of aromatic carboxylic acids is 2. The molecule has 1 aromatic rings. The summed E-state index contributed by atoms with van der Waals surface area (Å²) in [6, 6.07) is 0. The van der Waals surface area contributed by atoms with E-state index in [1.807, 2.05) is 6.92 Å². The predicted octanol–water partition coefficient (Wildman–Crippen LogP) is 0.963. The molecule has 7 nitrogen and oxygen atoms in total. The molecule has 0 radical (unpaired) electrons. The Bertz CT molecular complexity index is 434. The molecule has 0 saturated carbocycles. The highest BCUT2D eigenvalue weighted by molar-refractivity contribution is 5.98. The molecule has 1 aliphatic heterocycles. The van der Waals surface area contributed by atoms with Gasteiger partial charge >= 0.3 is 11.9 Å². The molecule has 2 N–H and O–H groups in total. The van der Waals surface area contributed by atoms with Crippen molar-refractivity contribution >= 4 is 11.9 Å². The van der Waals surface area contributed by atoms with Crippen LogP contribution in [0.25, 0.3) is 0 Å². The Morgan fingerprint density at radius 3 is 2.47 bits per heavy atom. The molecule has 1 fully saturated rings. The summed E-state index contributed by atoms with van der Waals surface area (Å²) in [6.07, 6.45) is 0.483. The second kappa shape index (κ2) is 4.17. The molecule has 1 aliphatic rings. The van der Waals surface area contributed by atoms with Crippen LogP contribution in [0.2, 0.25) is 0 Å². The summed E-state index contributed by atoms with van der Waals surface area (Å²) in [4.78, 5) is 25.4. The standard InChI is InChI=1S/C10H11NO6/c1-4-5(2-3-16-4)8-11-6(9(12)13)7(17-8)10(14)15/h4-5H,2-3H2,1H3,(H,12,13)(H,14,15). The van der Waals surface area contributed by atoms with Crippen molar-refractivity contribution in [3.8, 4) is 0 Å². The van der Waals surface area contributed by atoms with Crippen LogP contribution in [0.15, 0.2) is 4.42 Å². The molecule has 2 rings (SSSR count). The summed E-state index contributed by atoms with van der Waals surface area (Å²) < 4.78 is 10.3. The Balaban J connectivity index is 2.40. The molecule has 2 unspecified atom stereocenters. The van der Waals surface area contributed by atoms with Gasteiger partial charge in [0.2, 0.25) is 17.3 Å². The van der Waals surface area contributed by atoms with E-state index in [0.29, 0.717) is 13.0 Å². The van der Waals surface area contributed by atoms with Crippen molar-refractivity contribution in [3.05, 3.63) is 17.3 Å². The maximum Gasteiger partial charge on any atom is 0.374 e. The van der Waals surface area contributed by atoms with Gasteiger partial charge in [0.1, 0.15) is 0 Å². The Kier molecular flexibility index (Phi) is 2.84. The van der Waals surface area contributed by atoms with Crippen molar-refractivity contribution in [1.82, 2.24) is 4.98 Å². The first kappa shape index (κ1) is 11.6. The smallest absolute Gasteiger partial charge is 0.374 e. The normalized spacial score (nSPS) is 23.8. The van der Waals surface area contributed by atoms with Crippen LogP contribution in [0.4, 0.5) is 0 Å². The summed E-state index contributed by atoms with van der Waals surface area (Å²) in [5.41, 5.74) is -0.563. The van der Waals surface area contributed by atoms with Gasteiger partial charge in [-0.05, 0) is 13.3 Å². The molecule has 0 aliphatic carbocycles. The van der Waals surface area contributed by atoms with Gasteiger partial charge in [-0.2, -0.15) is 0 Å². The molecule has 1 saturated heterocycles. The largest absolute Gasteiger partial charge is 0.476 e. The minimum atomic E-state index is -1.44. The Labute approximate surface area is 96.0 Å². The third kappa shape index (κ3) is 2.01. The lowest BCUT2D eigenvalue weighted by Gasteiger charge is -2.08. The third-order valence-electron chi connectivity index (χ3n) is 2.73. The summed E-state index contributed by atoms with van der Waals surface area (Å²) >= 11 is 0. The highest BCUT2D eigenvalue weighted by Gasteiger charge is 2.34. The summed E-state index contributed by atoms with van der Waals surface area (Å²) in [7, 11) is 0. The fourth-order valence-corrected chi connectivity index (χ4v) is 1.84. The Morgan fingerprint density at radius 2 is 2.06 bits per heavy atom. The monoisotopic (exact) mass is 241 g/mol. The number of aromatic nitrogens is 1. The Morgan fingerprint density at radius 1 is 1.35 bits per heavy atom. The highest BCUT2D eigenvalue weighted by Crippen LogP contribution is 2.31. The van der Waals surface area contributed by atoms with Gasteiger partial charge in [0.15, 0.2) is 0 Å². The number of carbonyl (C=O) groups is 2. The molecule has 92 valence electrons. The van der Waals surface area contributed by atoms with E-state index in [9.17, 15) is 9.59 Å². The van der Waals surface area contributed by atoms with Crippen LogP contribution in [0.5, 0.6) is 0 Å². The topological polar surface area (TPSA) is 110 Å². The first-order valence-electron chi connectivity index (χ1n) is 5.09. The van der Waals surface area contributed by atoms with Crippen molar-refractivity contribution in [2.75, 3.05) is 6.61 Å². The summed E-state index contributed by atoms with van der Waals surface area (Å²) in [6.45, 7) is 2.34. The number of hydrogen-bond acceptors (Lipinski definition) is 5. The van der Waals surface area contributed by atoms with Gasteiger partial charge in [-0.1, -0.05) is 0 Å². The lowest BCUT2D eigenvalue weighted by Crippen LogP contribution is -2.10. The van der Waals surface area contributed by atoms with E-state index < -0.39 is 23.4 Å². The summed E-state index contributed by atoms with van der Waals surface area (Å²) in [5, 5.41) is 17.6. The van der Waals surface area contributed by atoms with Crippen molar-refractivity contribution < 1.29 is 29.0 Å². The lowest BCUT2D eigenvalue weighted by molar-refractivity contribution is 0.0621. The molecule has 0 bridgehead atoms. The van der Waals surface area contributed by atoms with Gasteiger partial charge in [0.25, 0.3) is 0 Å². The first-order chi connectivity index (χ1) is 8.00. The van der Waals surface area contributed by atoms with Crippen LogP contribution in [0, 0.1) is 0 Å². The number of rotatable bonds is 3. The number of ether oxygens (including phenoxy) is 1. The SMILES string of the molecule is CC1OCCC1c1nc(C(=O)O)c(C(=O)O)o1. The minimum absolute atomic E-state index is 0.116. The number of nitrogens with zero attached hydrogens (tertiary/aromatic N) is 1. The second-order valence-electron chi connectivity index (χ2n) is 3.81. The highest BCUT2D eigenvalue weighted by atomic mass is 16.5. The van der Waals surface area contributed by atoms with E-state index >= 15 is 0 Å². The van der Waals surface area contributed by atoms with E-state index in [-0.39, 0.29) is 17.9 Å². The van der Waals surface area contributed by atoms with Gasteiger partial charge in [0.05, 0.1) is 12.0 Å². The maximum absolute atomic E-state index is 10.8. The van der Waals surface area contributed by atoms with Crippen LogP contribution in [0.1, 0.15) is 46.2 Å². The number of hydrogen-bond donors (Lipinski definition) is 2. The van der Waals surface area contributed by atoms with Gasteiger partial charge in [-0.3, -0.25) is 0 Å². The van der Waals surface area contributed by atoms with Gasteiger partial charge in [-0.15, -0.1) is 0 Å². The maximum atomic E-state index is 10.8. The predicted molar refractivity (Wildman–Crippen MR) is 53.2 cm³/mol. The number of oxazole rings is 1. The van der Waals surface area contributed by atoms with Crippen LogP contribution < -0.4 is 0 Å². The van der Waals surface area contributed by atoms with Crippen molar-refractivity contribution in [2.45, 2.75) is 25.4 Å². The molecular formula is C10H11NO6.